The zero-order valence-corrected chi connectivity index (χ0v) is 13.7. The van der Waals surface area contributed by atoms with Gasteiger partial charge in [0.15, 0.2) is 5.70 Å². The number of carbonyl (C=O) groups is 2. The molecule has 2 heterocycles. The first kappa shape index (κ1) is 16.8. The number of carbonyl (C=O) groups excluding carboxylic acids is 2. The lowest BCUT2D eigenvalue weighted by Gasteiger charge is -2.12. The maximum atomic E-state index is 13.4. The topological polar surface area (TPSA) is 66.8 Å². The van der Waals surface area contributed by atoms with Crippen LogP contribution in [0.5, 0.6) is 0 Å². The van der Waals surface area contributed by atoms with E-state index in [1.807, 2.05) is 0 Å². The number of ether oxygens (including phenoxy) is 3. The number of rotatable bonds is 5. The number of benzene rings is 1. The Balaban J connectivity index is 1.95. The van der Waals surface area contributed by atoms with E-state index in [1.54, 1.807) is 32.2 Å². The molecular weight excluding hydrogens is 329 g/mol. The SMILES string of the molecule is CCOC(=O)/C(=C/OC1C=C(C)C(=O)O1)n1ccc2cc(F)ccc21. The highest BCUT2D eigenvalue weighted by molar-refractivity contribution is 6.11. The molecule has 0 bridgehead atoms. The molecule has 1 unspecified atom stereocenters. The Morgan fingerprint density at radius 3 is 2.88 bits per heavy atom. The summed E-state index contributed by atoms with van der Waals surface area (Å²) in [5.41, 5.74) is 1.12. The normalized spacial score (nSPS) is 17.4. The number of cyclic esters (lactones) is 1. The van der Waals surface area contributed by atoms with E-state index in [4.69, 9.17) is 14.2 Å². The molecule has 1 atom stereocenters. The summed E-state index contributed by atoms with van der Waals surface area (Å²) >= 11 is 0. The van der Waals surface area contributed by atoms with Gasteiger partial charge in [0.25, 0.3) is 6.29 Å². The van der Waals surface area contributed by atoms with Crippen molar-refractivity contribution in [2.75, 3.05) is 6.61 Å². The highest BCUT2D eigenvalue weighted by Gasteiger charge is 2.24. The molecule has 25 heavy (non-hydrogen) atoms. The second-order valence-electron chi connectivity index (χ2n) is 5.37. The highest BCUT2D eigenvalue weighted by atomic mass is 19.1. The molecule has 1 aliphatic rings. The maximum absolute atomic E-state index is 13.4. The number of hydrogen-bond acceptors (Lipinski definition) is 5. The van der Waals surface area contributed by atoms with Crippen molar-refractivity contribution in [3.63, 3.8) is 0 Å². The van der Waals surface area contributed by atoms with E-state index < -0.39 is 18.2 Å². The quantitative estimate of drug-likeness (QED) is 0.473. The average molecular weight is 345 g/mol. The second-order valence-corrected chi connectivity index (χ2v) is 5.37. The van der Waals surface area contributed by atoms with Gasteiger partial charge in [-0.25, -0.2) is 14.0 Å². The van der Waals surface area contributed by atoms with Crippen LogP contribution in [0.4, 0.5) is 4.39 Å². The standard InChI is InChI=1S/C18H16FNO5/c1-3-23-18(22)15(10-24-16-8-11(2)17(21)25-16)20-7-6-12-9-13(19)4-5-14(12)20/h4-10,16H,3H2,1-2H3/b15-10-. The predicted octanol–water partition coefficient (Wildman–Crippen LogP) is 2.99. The van der Waals surface area contributed by atoms with Crippen LogP contribution in [0.15, 0.2) is 48.4 Å². The zero-order valence-electron chi connectivity index (χ0n) is 13.7. The van der Waals surface area contributed by atoms with E-state index in [0.717, 1.165) is 0 Å². The minimum Gasteiger partial charge on any atom is -0.461 e. The lowest BCUT2D eigenvalue weighted by Crippen LogP contribution is -2.15. The van der Waals surface area contributed by atoms with Crippen molar-refractivity contribution in [1.29, 1.82) is 0 Å². The molecule has 0 saturated carbocycles. The van der Waals surface area contributed by atoms with Crippen LogP contribution in [0.3, 0.4) is 0 Å². The summed E-state index contributed by atoms with van der Waals surface area (Å²) in [6.07, 6.45) is 3.38. The summed E-state index contributed by atoms with van der Waals surface area (Å²) in [6, 6.07) is 5.89. The van der Waals surface area contributed by atoms with Crippen molar-refractivity contribution in [3.8, 4) is 0 Å². The lowest BCUT2D eigenvalue weighted by atomic mass is 10.2. The first-order valence-corrected chi connectivity index (χ1v) is 7.68. The van der Waals surface area contributed by atoms with Crippen molar-refractivity contribution in [1.82, 2.24) is 4.57 Å². The molecule has 0 aliphatic carbocycles. The van der Waals surface area contributed by atoms with Gasteiger partial charge in [0.2, 0.25) is 0 Å². The largest absolute Gasteiger partial charge is 0.461 e. The Morgan fingerprint density at radius 1 is 1.40 bits per heavy atom. The van der Waals surface area contributed by atoms with Crippen molar-refractivity contribution in [2.24, 2.45) is 0 Å². The Labute approximate surface area is 143 Å². The van der Waals surface area contributed by atoms with Gasteiger partial charge in [0, 0.05) is 23.2 Å². The smallest absolute Gasteiger partial charge is 0.358 e. The van der Waals surface area contributed by atoms with Crippen LogP contribution in [0.25, 0.3) is 16.6 Å². The van der Waals surface area contributed by atoms with Gasteiger partial charge in [-0.15, -0.1) is 0 Å². The van der Waals surface area contributed by atoms with Crippen molar-refractivity contribution < 1.29 is 28.2 Å². The van der Waals surface area contributed by atoms with E-state index in [9.17, 15) is 14.0 Å². The number of halogens is 1. The number of aromatic nitrogens is 1. The predicted molar refractivity (Wildman–Crippen MR) is 87.5 cm³/mol. The molecule has 1 aromatic carbocycles. The van der Waals surface area contributed by atoms with Crippen LogP contribution in [0, 0.1) is 5.82 Å². The molecule has 1 aliphatic heterocycles. The van der Waals surface area contributed by atoms with Gasteiger partial charge in [-0.1, -0.05) is 0 Å². The molecule has 0 saturated heterocycles. The van der Waals surface area contributed by atoms with Gasteiger partial charge in [-0.2, -0.15) is 0 Å². The van der Waals surface area contributed by atoms with Gasteiger partial charge < -0.3 is 18.8 Å². The molecule has 0 N–H and O–H groups in total. The summed E-state index contributed by atoms with van der Waals surface area (Å²) in [4.78, 5) is 23.7. The fraction of sp³-hybridized carbons (Fsp3) is 0.222. The van der Waals surface area contributed by atoms with Crippen LogP contribution < -0.4 is 0 Å². The Hall–Kier alpha value is -3.09. The van der Waals surface area contributed by atoms with Gasteiger partial charge in [-0.05, 0) is 38.1 Å². The van der Waals surface area contributed by atoms with E-state index in [2.05, 4.69) is 0 Å². The Morgan fingerprint density at radius 2 is 2.20 bits per heavy atom. The van der Waals surface area contributed by atoms with Crippen LogP contribution in [-0.4, -0.2) is 29.4 Å². The summed E-state index contributed by atoms with van der Waals surface area (Å²) in [6.45, 7) is 3.47. The van der Waals surface area contributed by atoms with Crippen molar-refractivity contribution in [3.05, 3.63) is 54.2 Å². The number of esters is 2. The molecule has 3 rings (SSSR count). The summed E-state index contributed by atoms with van der Waals surface area (Å²) < 4.78 is 30.3. The molecule has 6 nitrogen and oxygen atoms in total. The maximum Gasteiger partial charge on any atom is 0.358 e. The zero-order chi connectivity index (χ0) is 18.0. The average Bonchev–Trinajstić information content (AvgIpc) is 3.11. The Bertz CT molecular complexity index is 896. The van der Waals surface area contributed by atoms with E-state index in [0.29, 0.717) is 16.5 Å². The summed E-state index contributed by atoms with van der Waals surface area (Å²) in [5.74, 6) is -1.46. The molecule has 0 fully saturated rings. The van der Waals surface area contributed by atoms with Gasteiger partial charge in [0.05, 0.1) is 12.1 Å². The summed E-state index contributed by atoms with van der Waals surface area (Å²) in [7, 11) is 0. The van der Waals surface area contributed by atoms with Gasteiger partial charge in [0.1, 0.15) is 12.1 Å². The summed E-state index contributed by atoms with van der Waals surface area (Å²) in [5, 5.41) is 0.623. The van der Waals surface area contributed by atoms with Gasteiger partial charge in [-0.3, -0.25) is 0 Å². The number of hydrogen-bond donors (Lipinski definition) is 0. The number of fused-ring (bicyclic) bond motifs is 1. The fourth-order valence-electron chi connectivity index (χ4n) is 2.43. The molecule has 0 radical (unpaired) electrons. The van der Waals surface area contributed by atoms with Crippen molar-refractivity contribution >= 4 is 28.5 Å². The van der Waals surface area contributed by atoms with E-state index >= 15 is 0 Å². The number of nitrogens with zero attached hydrogens (tertiary/aromatic N) is 1. The van der Waals surface area contributed by atoms with Gasteiger partial charge >= 0.3 is 11.9 Å². The van der Waals surface area contributed by atoms with Crippen LogP contribution in [0.2, 0.25) is 0 Å². The molecule has 7 heteroatoms. The molecule has 2 aromatic rings. The first-order chi connectivity index (χ1) is 12.0. The minimum atomic E-state index is -0.906. The molecule has 1 aromatic heterocycles. The lowest BCUT2D eigenvalue weighted by molar-refractivity contribution is -0.152. The molecule has 0 spiro atoms. The van der Waals surface area contributed by atoms with Crippen LogP contribution in [0.1, 0.15) is 13.8 Å². The van der Waals surface area contributed by atoms with Crippen LogP contribution >= 0.6 is 0 Å². The third-order valence-corrected chi connectivity index (χ3v) is 3.64. The molecule has 130 valence electrons. The minimum absolute atomic E-state index is 0.0810. The van der Waals surface area contributed by atoms with E-state index in [1.165, 1.54) is 29.0 Å². The monoisotopic (exact) mass is 345 g/mol. The van der Waals surface area contributed by atoms with Crippen LogP contribution in [-0.2, 0) is 23.8 Å². The van der Waals surface area contributed by atoms with E-state index in [-0.39, 0.29) is 18.1 Å². The Kier molecular flexibility index (Phi) is 4.56. The molecule has 0 amide bonds. The molecular formula is C18H16FNO5. The third kappa shape index (κ3) is 3.40. The van der Waals surface area contributed by atoms with Crippen molar-refractivity contribution in [2.45, 2.75) is 20.1 Å². The highest BCUT2D eigenvalue weighted by Crippen LogP contribution is 2.23. The first-order valence-electron chi connectivity index (χ1n) is 7.68. The third-order valence-electron chi connectivity index (χ3n) is 3.64. The second kappa shape index (κ2) is 6.80. The fourth-order valence-corrected chi connectivity index (χ4v) is 2.43.